The fourth-order valence-electron chi connectivity index (χ4n) is 1.86. The second kappa shape index (κ2) is 5.27. The van der Waals surface area contributed by atoms with Crippen molar-refractivity contribution in [2.45, 2.75) is 6.92 Å². The molecule has 2 rings (SSSR count). The molecule has 0 saturated heterocycles. The van der Waals surface area contributed by atoms with Gasteiger partial charge < -0.3 is 14.7 Å². The number of hydrogen-bond donors (Lipinski definition) is 1. The number of aryl methyl sites for hydroxylation is 1. The monoisotopic (exact) mass is 263 g/mol. The molecule has 2 heterocycles. The van der Waals surface area contributed by atoms with E-state index in [-0.39, 0.29) is 5.69 Å². The van der Waals surface area contributed by atoms with Crippen LogP contribution < -0.4 is 4.74 Å². The van der Waals surface area contributed by atoms with Gasteiger partial charge in [0.1, 0.15) is 6.61 Å². The van der Waals surface area contributed by atoms with E-state index in [2.05, 4.69) is 4.98 Å². The van der Waals surface area contributed by atoms with Crippen LogP contribution in [0.5, 0.6) is 5.75 Å². The summed E-state index contributed by atoms with van der Waals surface area (Å²) in [6.45, 7) is 2.99. The average Bonchev–Trinajstić information content (AvgIpc) is 2.65. The maximum atomic E-state index is 11.2. The molecule has 6 nitrogen and oxygen atoms in total. The lowest BCUT2D eigenvalue weighted by molar-refractivity contribution is 0.0688. The van der Waals surface area contributed by atoms with Gasteiger partial charge in [-0.3, -0.25) is 4.40 Å². The van der Waals surface area contributed by atoms with E-state index in [0.717, 1.165) is 6.54 Å². The molecular formula is C13H17N3O3. The van der Waals surface area contributed by atoms with Crippen LogP contribution in [0.15, 0.2) is 18.3 Å². The normalized spacial score (nSPS) is 11.2. The molecule has 2 aromatic heterocycles. The van der Waals surface area contributed by atoms with Crippen molar-refractivity contribution in [3.63, 3.8) is 0 Å². The molecule has 0 saturated carbocycles. The number of aromatic carboxylic acids is 1. The minimum atomic E-state index is -0.990. The number of carboxylic acid groups (broad SMARTS) is 1. The van der Waals surface area contributed by atoms with Gasteiger partial charge in [0.05, 0.1) is 5.69 Å². The van der Waals surface area contributed by atoms with E-state index in [4.69, 9.17) is 4.74 Å². The van der Waals surface area contributed by atoms with E-state index >= 15 is 0 Å². The first-order valence-corrected chi connectivity index (χ1v) is 5.99. The summed E-state index contributed by atoms with van der Waals surface area (Å²) in [4.78, 5) is 17.5. The summed E-state index contributed by atoms with van der Waals surface area (Å²) in [6.07, 6.45) is 1.68. The van der Waals surface area contributed by atoms with Crippen LogP contribution in [0.1, 0.15) is 16.2 Å². The van der Waals surface area contributed by atoms with E-state index in [1.54, 1.807) is 29.7 Å². The first-order valence-electron chi connectivity index (χ1n) is 5.99. The van der Waals surface area contributed by atoms with Crippen LogP contribution in [-0.2, 0) is 0 Å². The zero-order valence-electron chi connectivity index (χ0n) is 11.3. The van der Waals surface area contributed by atoms with Gasteiger partial charge >= 0.3 is 5.97 Å². The Kier molecular flexibility index (Phi) is 3.71. The number of carbonyl (C=O) groups is 1. The molecule has 6 heteroatoms. The molecule has 0 spiro atoms. The fourth-order valence-corrected chi connectivity index (χ4v) is 1.86. The topological polar surface area (TPSA) is 67.1 Å². The van der Waals surface area contributed by atoms with Crippen molar-refractivity contribution in [3.8, 4) is 5.75 Å². The zero-order valence-corrected chi connectivity index (χ0v) is 11.3. The van der Waals surface area contributed by atoms with Gasteiger partial charge in [0, 0.05) is 12.7 Å². The molecule has 19 heavy (non-hydrogen) atoms. The second-order valence-corrected chi connectivity index (χ2v) is 4.57. The number of pyridine rings is 1. The summed E-state index contributed by atoms with van der Waals surface area (Å²) < 4.78 is 7.20. The third kappa shape index (κ3) is 2.68. The second-order valence-electron chi connectivity index (χ2n) is 4.57. The third-order valence-corrected chi connectivity index (χ3v) is 2.79. The summed E-state index contributed by atoms with van der Waals surface area (Å²) in [6, 6.07) is 3.55. The molecule has 102 valence electrons. The Hall–Kier alpha value is -2.08. The largest absolute Gasteiger partial charge is 0.488 e. The number of fused-ring (bicyclic) bond motifs is 1. The van der Waals surface area contributed by atoms with Gasteiger partial charge in [-0.05, 0) is 33.2 Å². The van der Waals surface area contributed by atoms with Gasteiger partial charge in [-0.25, -0.2) is 9.78 Å². The van der Waals surface area contributed by atoms with Crippen molar-refractivity contribution >= 4 is 11.6 Å². The lowest BCUT2D eigenvalue weighted by atomic mass is 10.3. The van der Waals surface area contributed by atoms with E-state index in [0.29, 0.717) is 23.7 Å². The maximum Gasteiger partial charge on any atom is 0.354 e. The van der Waals surface area contributed by atoms with E-state index in [1.165, 1.54) is 0 Å². The molecule has 2 aromatic rings. The van der Waals surface area contributed by atoms with Crippen LogP contribution in [0, 0.1) is 6.92 Å². The number of ether oxygens (including phenoxy) is 1. The summed E-state index contributed by atoms with van der Waals surface area (Å²) in [7, 11) is 3.93. The van der Waals surface area contributed by atoms with Crippen LogP contribution in [0.3, 0.4) is 0 Å². The van der Waals surface area contributed by atoms with Crippen LogP contribution >= 0.6 is 0 Å². The minimum Gasteiger partial charge on any atom is -0.488 e. The molecule has 0 aliphatic heterocycles. The Labute approximate surface area is 111 Å². The SMILES string of the molecule is Cc1nc2c(OCCN(C)C)cccn2c1C(=O)O. The summed E-state index contributed by atoms with van der Waals surface area (Å²) in [5.41, 5.74) is 1.19. The number of nitrogens with zero attached hydrogens (tertiary/aromatic N) is 3. The number of imidazole rings is 1. The number of hydrogen-bond acceptors (Lipinski definition) is 4. The van der Waals surface area contributed by atoms with E-state index in [9.17, 15) is 9.90 Å². The molecule has 1 N–H and O–H groups in total. The Morgan fingerprint density at radius 2 is 2.26 bits per heavy atom. The molecular weight excluding hydrogens is 246 g/mol. The van der Waals surface area contributed by atoms with E-state index < -0.39 is 5.97 Å². The predicted octanol–water partition coefficient (Wildman–Crippen LogP) is 1.28. The average molecular weight is 263 g/mol. The van der Waals surface area contributed by atoms with Crippen molar-refractivity contribution in [3.05, 3.63) is 29.7 Å². The molecule has 0 aliphatic carbocycles. The molecule has 0 fully saturated rings. The highest BCUT2D eigenvalue weighted by molar-refractivity contribution is 5.88. The Balaban J connectivity index is 2.36. The zero-order chi connectivity index (χ0) is 14.0. The van der Waals surface area contributed by atoms with Gasteiger partial charge in [0.15, 0.2) is 17.1 Å². The van der Waals surface area contributed by atoms with Crippen LogP contribution in [0.2, 0.25) is 0 Å². The van der Waals surface area contributed by atoms with Gasteiger partial charge in [-0.1, -0.05) is 0 Å². The van der Waals surface area contributed by atoms with Crippen LogP contribution in [0.25, 0.3) is 5.65 Å². The fraction of sp³-hybridized carbons (Fsp3) is 0.385. The van der Waals surface area contributed by atoms with Gasteiger partial charge in [0.2, 0.25) is 0 Å². The number of rotatable bonds is 5. The molecule has 0 radical (unpaired) electrons. The van der Waals surface area contributed by atoms with Gasteiger partial charge in [-0.15, -0.1) is 0 Å². The van der Waals surface area contributed by atoms with Crippen molar-refractivity contribution in [1.29, 1.82) is 0 Å². The highest BCUT2D eigenvalue weighted by Gasteiger charge is 2.17. The standard InChI is InChI=1S/C13H17N3O3/c1-9-11(13(17)18)16-6-4-5-10(12(16)14-9)19-8-7-15(2)3/h4-6H,7-8H2,1-3H3,(H,17,18). The highest BCUT2D eigenvalue weighted by Crippen LogP contribution is 2.21. The summed E-state index contributed by atoms with van der Waals surface area (Å²) >= 11 is 0. The van der Waals surface area contributed by atoms with Crippen molar-refractivity contribution in [2.24, 2.45) is 0 Å². The Morgan fingerprint density at radius 1 is 1.53 bits per heavy atom. The predicted molar refractivity (Wildman–Crippen MR) is 70.9 cm³/mol. The molecule has 0 unspecified atom stereocenters. The summed E-state index contributed by atoms with van der Waals surface area (Å²) in [5.74, 6) is -0.393. The van der Waals surface area contributed by atoms with Crippen molar-refractivity contribution in [2.75, 3.05) is 27.2 Å². The number of aromatic nitrogens is 2. The molecule has 0 bridgehead atoms. The Morgan fingerprint density at radius 3 is 2.89 bits per heavy atom. The lowest BCUT2D eigenvalue weighted by Crippen LogP contribution is -2.19. The first-order chi connectivity index (χ1) is 9.00. The molecule has 0 aromatic carbocycles. The highest BCUT2D eigenvalue weighted by atomic mass is 16.5. The lowest BCUT2D eigenvalue weighted by Gasteiger charge is -2.11. The number of carboxylic acids is 1. The van der Waals surface area contributed by atoms with Crippen LogP contribution in [0.4, 0.5) is 0 Å². The molecule has 0 atom stereocenters. The maximum absolute atomic E-state index is 11.2. The van der Waals surface area contributed by atoms with E-state index in [1.807, 2.05) is 19.0 Å². The van der Waals surface area contributed by atoms with Gasteiger partial charge in [0.25, 0.3) is 0 Å². The quantitative estimate of drug-likeness (QED) is 0.880. The van der Waals surface area contributed by atoms with Gasteiger partial charge in [-0.2, -0.15) is 0 Å². The van der Waals surface area contributed by atoms with Crippen LogP contribution in [-0.4, -0.2) is 52.6 Å². The number of likely N-dealkylation sites (N-methyl/N-ethyl adjacent to an activating group) is 1. The third-order valence-electron chi connectivity index (χ3n) is 2.79. The van der Waals surface area contributed by atoms with Crippen molar-refractivity contribution in [1.82, 2.24) is 14.3 Å². The smallest absolute Gasteiger partial charge is 0.354 e. The summed E-state index contributed by atoms with van der Waals surface area (Å²) in [5, 5.41) is 9.18. The van der Waals surface area contributed by atoms with Crippen molar-refractivity contribution < 1.29 is 14.6 Å². The minimum absolute atomic E-state index is 0.174. The first kappa shape index (κ1) is 13.4. The Bertz CT molecular complexity index is 604. The molecule has 0 aliphatic rings. The molecule has 0 amide bonds.